The Kier molecular flexibility index (Phi) is 11.9. The molecule has 7 rings (SSSR count). The molecule has 0 spiro atoms. The van der Waals surface area contributed by atoms with Crippen molar-refractivity contribution in [3.63, 3.8) is 0 Å². The first-order chi connectivity index (χ1) is 21.4. The fraction of sp³-hybridized carbons (Fsp3) is 0.438. The number of ether oxygens (including phenoxy) is 10. The highest BCUT2D eigenvalue weighted by Crippen LogP contribution is 2.44. The zero-order chi connectivity index (χ0) is 31.6. The number of carbonyl (C=O) groups excluding carboxylic acids is 2. The van der Waals surface area contributed by atoms with Crippen molar-refractivity contribution in [2.45, 2.75) is 26.1 Å². The molecule has 238 valence electrons. The van der Waals surface area contributed by atoms with E-state index in [9.17, 15) is 9.59 Å². The molecule has 3 aromatic carbocycles. The highest BCUT2D eigenvalue weighted by molar-refractivity contribution is 6.06. The largest absolute Gasteiger partial charge is 0.467 e. The first-order valence-electron chi connectivity index (χ1n) is 13.7. The Morgan fingerprint density at radius 1 is 0.591 bits per heavy atom. The van der Waals surface area contributed by atoms with Crippen LogP contribution in [0.5, 0.6) is 11.5 Å². The summed E-state index contributed by atoms with van der Waals surface area (Å²) in [5.74, 6) is -0.0356. The standard InChI is InChI=1S/C32H38O12/c1-35-15-41-13-25-19-9-22-24(32(34)40-6)12-20(11-21(23(10-19)31(33)39-5)26(25)14-42-16-36-2)29-27(43-17-37-3)7-8-28(30(22)29)44-18-38-4/h7-8,10,12H,9,11,13-18H2,1-6H3. The van der Waals surface area contributed by atoms with Gasteiger partial charge in [0.05, 0.1) is 38.6 Å². The number of rotatable bonds is 16. The summed E-state index contributed by atoms with van der Waals surface area (Å²) in [5.41, 5.74) is 4.89. The number of hydrogen-bond acceptors (Lipinski definition) is 12. The number of benzene rings is 3. The molecule has 0 heterocycles. The maximum Gasteiger partial charge on any atom is 0.338 e. The molecule has 0 N–H and O–H groups in total. The van der Waals surface area contributed by atoms with Gasteiger partial charge in [0.1, 0.15) is 25.1 Å². The first kappa shape index (κ1) is 33.1. The second kappa shape index (κ2) is 15.8. The van der Waals surface area contributed by atoms with E-state index in [-0.39, 0.29) is 53.2 Å². The molecule has 4 aliphatic carbocycles. The van der Waals surface area contributed by atoms with Crippen LogP contribution in [-0.4, -0.2) is 81.8 Å². The van der Waals surface area contributed by atoms with Gasteiger partial charge < -0.3 is 47.4 Å². The molecule has 0 unspecified atom stereocenters. The molecule has 4 aliphatic rings. The molecular formula is C32H38O12. The van der Waals surface area contributed by atoms with Gasteiger partial charge >= 0.3 is 11.9 Å². The van der Waals surface area contributed by atoms with Crippen molar-refractivity contribution < 1.29 is 57.0 Å². The maximum absolute atomic E-state index is 13.3. The van der Waals surface area contributed by atoms with Gasteiger partial charge in [0, 0.05) is 39.2 Å². The Bertz CT molecular complexity index is 1480. The van der Waals surface area contributed by atoms with Crippen molar-refractivity contribution in [1.82, 2.24) is 0 Å². The minimum absolute atomic E-state index is 0.0147. The highest BCUT2D eigenvalue weighted by atomic mass is 16.7. The van der Waals surface area contributed by atoms with Gasteiger partial charge in [-0.15, -0.1) is 0 Å². The second-order valence-corrected chi connectivity index (χ2v) is 9.84. The molecule has 0 radical (unpaired) electrons. The Morgan fingerprint density at radius 3 is 1.61 bits per heavy atom. The average molecular weight is 615 g/mol. The second-order valence-electron chi connectivity index (χ2n) is 9.84. The van der Waals surface area contributed by atoms with Gasteiger partial charge in [-0.3, -0.25) is 0 Å². The summed E-state index contributed by atoms with van der Waals surface area (Å²) in [5, 5.41) is 1.34. The lowest BCUT2D eigenvalue weighted by molar-refractivity contribution is -0.0459. The van der Waals surface area contributed by atoms with E-state index in [1.807, 2.05) is 0 Å². The lowest BCUT2D eigenvalue weighted by Gasteiger charge is -2.27. The highest BCUT2D eigenvalue weighted by Gasteiger charge is 2.30. The van der Waals surface area contributed by atoms with Gasteiger partial charge in [-0.05, 0) is 70.5 Å². The lowest BCUT2D eigenvalue weighted by Crippen LogP contribution is -2.19. The average Bonchev–Trinajstić information content (AvgIpc) is 3.04. The number of esters is 2. The van der Waals surface area contributed by atoms with E-state index in [2.05, 4.69) is 0 Å². The van der Waals surface area contributed by atoms with Crippen LogP contribution in [0.15, 0.2) is 24.3 Å². The van der Waals surface area contributed by atoms with Crippen LogP contribution in [0.25, 0.3) is 10.8 Å². The number of carbonyl (C=O) groups is 2. The predicted octanol–water partition coefficient (Wildman–Crippen LogP) is 4.11. The Hall–Kier alpha value is -3.78. The molecule has 3 aromatic rings. The van der Waals surface area contributed by atoms with Crippen molar-refractivity contribution in [2.75, 3.05) is 69.8 Å². The third-order valence-corrected chi connectivity index (χ3v) is 7.26. The normalized spacial score (nSPS) is 12.0. The van der Waals surface area contributed by atoms with E-state index >= 15 is 0 Å². The summed E-state index contributed by atoms with van der Waals surface area (Å²) in [6.07, 6.45) is 0.372. The lowest BCUT2D eigenvalue weighted by atomic mass is 9.80. The summed E-state index contributed by atoms with van der Waals surface area (Å²) in [7, 11) is 8.79. The van der Waals surface area contributed by atoms with E-state index in [1.165, 1.54) is 42.7 Å². The molecule has 0 saturated carbocycles. The van der Waals surface area contributed by atoms with Gasteiger partial charge in [-0.25, -0.2) is 9.59 Å². The van der Waals surface area contributed by atoms with Crippen LogP contribution in [0.2, 0.25) is 0 Å². The fourth-order valence-corrected chi connectivity index (χ4v) is 5.48. The van der Waals surface area contributed by atoms with Crippen LogP contribution in [0.4, 0.5) is 0 Å². The van der Waals surface area contributed by atoms with Gasteiger partial charge in [0.2, 0.25) is 0 Å². The summed E-state index contributed by atoms with van der Waals surface area (Å²) < 4.78 is 54.9. The Balaban J connectivity index is 2.13. The quantitative estimate of drug-likeness (QED) is 0.102. The fourth-order valence-electron chi connectivity index (χ4n) is 5.48. The molecular weight excluding hydrogens is 576 g/mol. The molecule has 0 amide bonds. The van der Waals surface area contributed by atoms with Crippen molar-refractivity contribution in [2.24, 2.45) is 0 Å². The maximum atomic E-state index is 13.3. The topological polar surface area (TPSA) is 126 Å². The van der Waals surface area contributed by atoms with Crippen molar-refractivity contribution in [1.29, 1.82) is 0 Å². The van der Waals surface area contributed by atoms with Crippen molar-refractivity contribution >= 4 is 22.7 Å². The van der Waals surface area contributed by atoms with Crippen molar-refractivity contribution in [3.05, 3.63) is 68.8 Å². The molecule has 12 nitrogen and oxygen atoms in total. The molecule has 12 heteroatoms. The van der Waals surface area contributed by atoms with E-state index in [0.717, 1.165) is 11.1 Å². The van der Waals surface area contributed by atoms with Crippen LogP contribution < -0.4 is 9.47 Å². The van der Waals surface area contributed by atoms with Gasteiger partial charge in [-0.2, -0.15) is 0 Å². The van der Waals surface area contributed by atoms with E-state index < -0.39 is 11.9 Å². The van der Waals surface area contributed by atoms with Crippen molar-refractivity contribution in [3.8, 4) is 11.5 Å². The zero-order valence-corrected chi connectivity index (χ0v) is 25.9. The van der Waals surface area contributed by atoms with Crippen LogP contribution in [0, 0.1) is 0 Å². The molecule has 4 bridgehead atoms. The molecule has 0 saturated heterocycles. The molecule has 0 fully saturated rings. The van der Waals surface area contributed by atoms with Gasteiger partial charge in [0.25, 0.3) is 0 Å². The third-order valence-electron chi connectivity index (χ3n) is 7.26. The molecule has 0 aliphatic heterocycles. The van der Waals surface area contributed by atoms with Crippen LogP contribution in [0.3, 0.4) is 0 Å². The van der Waals surface area contributed by atoms with Gasteiger partial charge in [-0.1, -0.05) is 0 Å². The third kappa shape index (κ3) is 6.96. The van der Waals surface area contributed by atoms with E-state index in [1.54, 1.807) is 24.3 Å². The van der Waals surface area contributed by atoms with Crippen LogP contribution in [-0.2, 0) is 64.0 Å². The summed E-state index contributed by atoms with van der Waals surface area (Å²) in [6.45, 7) is 0.320. The zero-order valence-electron chi connectivity index (χ0n) is 25.9. The molecule has 0 aromatic heterocycles. The molecule has 44 heavy (non-hydrogen) atoms. The number of hydrogen-bond donors (Lipinski definition) is 0. The van der Waals surface area contributed by atoms with E-state index in [4.69, 9.17) is 47.4 Å². The number of methoxy groups -OCH3 is 6. The van der Waals surface area contributed by atoms with E-state index in [0.29, 0.717) is 55.7 Å². The Morgan fingerprint density at radius 2 is 1.07 bits per heavy atom. The summed E-state index contributed by atoms with van der Waals surface area (Å²) in [6, 6.07) is 7.11. The summed E-state index contributed by atoms with van der Waals surface area (Å²) in [4.78, 5) is 26.6. The van der Waals surface area contributed by atoms with Crippen LogP contribution >= 0.6 is 0 Å². The first-order valence-corrected chi connectivity index (χ1v) is 13.7. The molecule has 0 atom stereocenters. The Labute approximate surface area is 255 Å². The minimum atomic E-state index is -0.520. The monoisotopic (exact) mass is 614 g/mol. The van der Waals surface area contributed by atoms with Gasteiger partial charge in [0.15, 0.2) is 13.6 Å². The SMILES string of the molecule is COCOCc1c2cc(C(=O)OC)c(c1COCOC)Cc1cc(C(=O)OC)c(c3c(OCOC)ccc(OCOC)c13)C2. The summed E-state index contributed by atoms with van der Waals surface area (Å²) >= 11 is 0. The van der Waals surface area contributed by atoms with Crippen LogP contribution in [0.1, 0.15) is 54.1 Å². The predicted molar refractivity (Wildman–Crippen MR) is 157 cm³/mol. The minimum Gasteiger partial charge on any atom is -0.467 e. The smallest absolute Gasteiger partial charge is 0.338 e.